The zero-order valence-corrected chi connectivity index (χ0v) is 13.3. The summed E-state index contributed by atoms with van der Waals surface area (Å²) in [6.45, 7) is 1.54. The highest BCUT2D eigenvalue weighted by atomic mass is 35.5. The van der Waals surface area contributed by atoms with E-state index in [0.717, 1.165) is 18.7 Å². The summed E-state index contributed by atoms with van der Waals surface area (Å²) in [7, 11) is 0. The summed E-state index contributed by atoms with van der Waals surface area (Å²) >= 11 is 0. The van der Waals surface area contributed by atoms with Crippen molar-refractivity contribution in [2.75, 3.05) is 13.1 Å². The van der Waals surface area contributed by atoms with E-state index in [4.69, 9.17) is 4.74 Å². The smallest absolute Gasteiger partial charge is 0.177 e. The third-order valence-electron chi connectivity index (χ3n) is 4.70. The topological polar surface area (TPSA) is 38.3 Å². The molecule has 0 bridgehead atoms. The summed E-state index contributed by atoms with van der Waals surface area (Å²) in [6, 6.07) is 11.8. The number of piperidine rings is 1. The van der Waals surface area contributed by atoms with Crippen LogP contribution in [0.15, 0.2) is 42.5 Å². The SMILES string of the molecule is Cl.O=C1c2cc(F)ccc2Oc2ccccc2C12CCNCC2. The summed E-state index contributed by atoms with van der Waals surface area (Å²) in [5.41, 5.74) is 0.636. The number of fused-ring (bicyclic) bond motifs is 3. The zero-order valence-electron chi connectivity index (χ0n) is 12.5. The third kappa shape index (κ3) is 2.42. The largest absolute Gasteiger partial charge is 0.456 e. The first-order chi connectivity index (χ1) is 10.7. The molecule has 120 valence electrons. The first kappa shape index (κ1) is 16.0. The van der Waals surface area contributed by atoms with Crippen molar-refractivity contribution in [2.24, 2.45) is 0 Å². The molecule has 0 radical (unpaired) electrons. The van der Waals surface area contributed by atoms with Crippen molar-refractivity contribution < 1.29 is 13.9 Å². The molecule has 5 heteroatoms. The number of Topliss-reactive ketones (excluding diaryl/α,β-unsaturated/α-hetero) is 1. The van der Waals surface area contributed by atoms with E-state index in [2.05, 4.69) is 5.32 Å². The minimum atomic E-state index is -0.624. The monoisotopic (exact) mass is 333 g/mol. The van der Waals surface area contributed by atoms with Gasteiger partial charge in [0, 0.05) is 5.56 Å². The van der Waals surface area contributed by atoms with Gasteiger partial charge in [0.15, 0.2) is 5.78 Å². The number of nitrogens with one attached hydrogen (secondary N) is 1. The summed E-state index contributed by atoms with van der Waals surface area (Å²) in [5.74, 6) is 0.691. The Labute approximate surface area is 140 Å². The van der Waals surface area contributed by atoms with Crippen LogP contribution in [0.5, 0.6) is 11.5 Å². The van der Waals surface area contributed by atoms with Gasteiger partial charge in [-0.1, -0.05) is 18.2 Å². The second-order valence-corrected chi connectivity index (χ2v) is 5.90. The predicted molar refractivity (Wildman–Crippen MR) is 88.3 cm³/mol. The van der Waals surface area contributed by atoms with Crippen molar-refractivity contribution >= 4 is 18.2 Å². The van der Waals surface area contributed by atoms with Crippen LogP contribution in [-0.2, 0) is 5.41 Å². The lowest BCUT2D eigenvalue weighted by atomic mass is 9.68. The summed E-state index contributed by atoms with van der Waals surface area (Å²) in [4.78, 5) is 13.3. The first-order valence-electron chi connectivity index (χ1n) is 7.53. The lowest BCUT2D eigenvalue weighted by Gasteiger charge is -2.36. The number of carbonyl (C=O) groups excluding carboxylic acids is 1. The minimum Gasteiger partial charge on any atom is -0.456 e. The fraction of sp³-hybridized carbons (Fsp3) is 0.278. The molecule has 0 amide bonds. The van der Waals surface area contributed by atoms with Crippen LogP contribution in [0.25, 0.3) is 0 Å². The average molecular weight is 334 g/mol. The van der Waals surface area contributed by atoms with E-state index >= 15 is 0 Å². The molecule has 1 spiro atoms. The number of halogens is 2. The number of benzene rings is 2. The number of hydrogen-bond donors (Lipinski definition) is 1. The number of rotatable bonds is 0. The molecule has 0 aromatic heterocycles. The Hall–Kier alpha value is -1.91. The number of para-hydroxylation sites is 1. The normalized spacial score (nSPS) is 18.2. The molecule has 1 fully saturated rings. The molecule has 2 aliphatic heterocycles. The number of hydrogen-bond acceptors (Lipinski definition) is 3. The van der Waals surface area contributed by atoms with Gasteiger partial charge in [0.2, 0.25) is 0 Å². The van der Waals surface area contributed by atoms with Gasteiger partial charge in [-0.05, 0) is 50.2 Å². The van der Waals surface area contributed by atoms with Crippen LogP contribution in [0.3, 0.4) is 0 Å². The van der Waals surface area contributed by atoms with Gasteiger partial charge in [-0.2, -0.15) is 0 Å². The van der Waals surface area contributed by atoms with E-state index in [1.807, 2.05) is 24.3 Å². The fourth-order valence-corrected chi connectivity index (χ4v) is 3.57. The number of carbonyl (C=O) groups is 1. The zero-order chi connectivity index (χ0) is 15.2. The maximum atomic E-state index is 13.7. The Kier molecular flexibility index (Phi) is 4.13. The van der Waals surface area contributed by atoms with Crippen LogP contribution in [0.4, 0.5) is 4.39 Å². The molecule has 23 heavy (non-hydrogen) atoms. The van der Waals surface area contributed by atoms with E-state index in [0.29, 0.717) is 29.9 Å². The molecule has 4 rings (SSSR count). The van der Waals surface area contributed by atoms with Gasteiger partial charge in [-0.15, -0.1) is 12.4 Å². The molecular weight excluding hydrogens is 317 g/mol. The highest BCUT2D eigenvalue weighted by molar-refractivity contribution is 6.07. The van der Waals surface area contributed by atoms with E-state index in [1.165, 1.54) is 12.1 Å². The number of ether oxygens (including phenoxy) is 1. The second kappa shape index (κ2) is 5.95. The van der Waals surface area contributed by atoms with Gasteiger partial charge in [0.1, 0.15) is 17.3 Å². The molecule has 1 N–H and O–H groups in total. The quantitative estimate of drug-likeness (QED) is 0.795. The Morgan fingerprint density at radius 1 is 1.04 bits per heavy atom. The Balaban J connectivity index is 0.00000156. The summed E-state index contributed by atoms with van der Waals surface area (Å²) in [6.07, 6.45) is 1.39. The molecule has 3 nitrogen and oxygen atoms in total. The van der Waals surface area contributed by atoms with Crippen molar-refractivity contribution in [1.29, 1.82) is 0 Å². The highest BCUT2D eigenvalue weighted by Crippen LogP contribution is 2.47. The van der Waals surface area contributed by atoms with Gasteiger partial charge in [-0.3, -0.25) is 4.79 Å². The molecule has 1 saturated heterocycles. The van der Waals surface area contributed by atoms with Crippen LogP contribution in [-0.4, -0.2) is 18.9 Å². The van der Waals surface area contributed by atoms with E-state index in [1.54, 1.807) is 6.07 Å². The Morgan fingerprint density at radius 3 is 2.57 bits per heavy atom. The van der Waals surface area contributed by atoms with Gasteiger partial charge in [-0.25, -0.2) is 4.39 Å². The second-order valence-electron chi connectivity index (χ2n) is 5.90. The summed E-state index contributed by atoms with van der Waals surface area (Å²) < 4.78 is 19.6. The van der Waals surface area contributed by atoms with Crippen molar-refractivity contribution in [3.05, 3.63) is 59.4 Å². The number of ketones is 1. The van der Waals surface area contributed by atoms with Crippen LogP contribution < -0.4 is 10.1 Å². The average Bonchev–Trinajstić information content (AvgIpc) is 2.65. The first-order valence-corrected chi connectivity index (χ1v) is 7.53. The molecule has 0 atom stereocenters. The van der Waals surface area contributed by atoms with Crippen molar-refractivity contribution in [2.45, 2.75) is 18.3 Å². The summed E-state index contributed by atoms with van der Waals surface area (Å²) in [5, 5.41) is 3.30. The molecule has 0 unspecified atom stereocenters. The maximum Gasteiger partial charge on any atom is 0.177 e. The van der Waals surface area contributed by atoms with E-state index in [-0.39, 0.29) is 18.2 Å². The standard InChI is InChI=1S/C18H16FNO2.ClH/c19-12-5-6-15-13(11-12)17(21)18(7-9-20-10-8-18)14-3-1-2-4-16(14)22-15;/h1-6,11,20H,7-10H2;1H. The van der Waals surface area contributed by atoms with Crippen molar-refractivity contribution in [3.8, 4) is 11.5 Å². The van der Waals surface area contributed by atoms with Gasteiger partial charge in [0.05, 0.1) is 11.0 Å². The molecular formula is C18H17ClFNO2. The highest BCUT2D eigenvalue weighted by Gasteiger charge is 2.46. The van der Waals surface area contributed by atoms with E-state index in [9.17, 15) is 9.18 Å². The predicted octanol–water partition coefficient (Wildman–Crippen LogP) is 3.86. The molecule has 0 saturated carbocycles. The molecule has 2 heterocycles. The fourth-order valence-electron chi connectivity index (χ4n) is 3.57. The molecule has 2 aromatic carbocycles. The van der Waals surface area contributed by atoms with Crippen molar-refractivity contribution in [3.63, 3.8) is 0 Å². The lowest BCUT2D eigenvalue weighted by Crippen LogP contribution is -2.45. The van der Waals surface area contributed by atoms with E-state index < -0.39 is 11.2 Å². The van der Waals surface area contributed by atoms with Crippen LogP contribution >= 0.6 is 12.4 Å². The van der Waals surface area contributed by atoms with Gasteiger partial charge in [0.25, 0.3) is 0 Å². The van der Waals surface area contributed by atoms with Gasteiger partial charge >= 0.3 is 0 Å². The molecule has 2 aliphatic rings. The van der Waals surface area contributed by atoms with Gasteiger partial charge < -0.3 is 10.1 Å². The molecule has 2 aromatic rings. The Bertz CT molecular complexity index is 756. The molecule has 0 aliphatic carbocycles. The van der Waals surface area contributed by atoms with Crippen molar-refractivity contribution in [1.82, 2.24) is 5.32 Å². The lowest BCUT2D eigenvalue weighted by molar-refractivity contribution is 0.0849. The minimum absolute atomic E-state index is 0. The van der Waals surface area contributed by atoms with Crippen LogP contribution in [0.1, 0.15) is 28.8 Å². The van der Waals surface area contributed by atoms with Crippen LogP contribution in [0, 0.1) is 5.82 Å². The van der Waals surface area contributed by atoms with Crippen LogP contribution in [0.2, 0.25) is 0 Å². The maximum absolute atomic E-state index is 13.7. The third-order valence-corrected chi connectivity index (χ3v) is 4.70. The Morgan fingerprint density at radius 2 is 1.78 bits per heavy atom.